The fraction of sp³-hybridized carbons (Fsp3) is 0.143. The Morgan fingerprint density at radius 2 is 1.76 bits per heavy atom. The summed E-state index contributed by atoms with van der Waals surface area (Å²) in [7, 11) is 1.56. The van der Waals surface area contributed by atoms with Crippen LogP contribution >= 0.6 is 11.3 Å². The minimum Gasteiger partial charge on any atom is -0.507 e. The maximum Gasteiger partial charge on any atom is 0.301 e. The molecule has 0 spiro atoms. The molecule has 3 aromatic rings. The first-order valence-corrected chi connectivity index (χ1v) is 9.63. The van der Waals surface area contributed by atoms with Crippen LogP contribution < -0.4 is 9.64 Å². The molecular weight excluding hydrogens is 390 g/mol. The van der Waals surface area contributed by atoms with Crippen molar-refractivity contribution in [1.29, 1.82) is 0 Å². The van der Waals surface area contributed by atoms with Gasteiger partial charge in [0.15, 0.2) is 0 Å². The van der Waals surface area contributed by atoms with E-state index in [0.717, 1.165) is 0 Å². The van der Waals surface area contributed by atoms with Crippen LogP contribution in [0.3, 0.4) is 0 Å². The third-order valence-electron chi connectivity index (χ3n) is 4.64. The highest BCUT2D eigenvalue weighted by molar-refractivity contribution is 7.15. The van der Waals surface area contributed by atoms with Crippen molar-refractivity contribution in [3.05, 3.63) is 76.3 Å². The number of aryl methyl sites for hydroxylation is 1. The van der Waals surface area contributed by atoms with Gasteiger partial charge in [-0.3, -0.25) is 14.5 Å². The summed E-state index contributed by atoms with van der Waals surface area (Å²) >= 11 is 1.21. The fourth-order valence-corrected chi connectivity index (χ4v) is 3.98. The number of benzene rings is 2. The first kappa shape index (κ1) is 18.8. The highest BCUT2D eigenvalue weighted by Crippen LogP contribution is 2.43. The number of methoxy groups -OCH3 is 1. The van der Waals surface area contributed by atoms with E-state index in [9.17, 15) is 14.7 Å². The Morgan fingerprint density at radius 3 is 2.34 bits per heavy atom. The van der Waals surface area contributed by atoms with Crippen LogP contribution in [-0.2, 0) is 9.59 Å². The second-order valence-electron chi connectivity index (χ2n) is 6.41. The van der Waals surface area contributed by atoms with E-state index in [1.54, 1.807) is 68.6 Å². The molecule has 2 heterocycles. The number of carbonyl (C=O) groups is 2. The Balaban J connectivity index is 1.92. The lowest BCUT2D eigenvalue weighted by atomic mass is 9.95. The van der Waals surface area contributed by atoms with Gasteiger partial charge >= 0.3 is 5.91 Å². The summed E-state index contributed by atoms with van der Waals surface area (Å²) in [5.74, 6) is -1.10. The number of rotatable bonds is 4. The fourth-order valence-electron chi connectivity index (χ4n) is 3.27. The normalized spacial score (nSPS) is 18.3. The minimum absolute atomic E-state index is 0.0132. The van der Waals surface area contributed by atoms with Crippen molar-refractivity contribution in [1.82, 2.24) is 10.2 Å². The summed E-state index contributed by atoms with van der Waals surface area (Å²) < 4.78 is 5.20. The smallest absolute Gasteiger partial charge is 0.301 e. The van der Waals surface area contributed by atoms with Crippen LogP contribution in [0.2, 0.25) is 0 Å². The largest absolute Gasteiger partial charge is 0.507 e. The van der Waals surface area contributed by atoms with Crippen LogP contribution in [-0.4, -0.2) is 34.1 Å². The SMILES string of the molecule is COc1ccc(C2/C(=C(\O)c3ccccc3)C(=O)C(=O)N2c2nnc(C)s2)cc1. The van der Waals surface area contributed by atoms with Gasteiger partial charge in [0.1, 0.15) is 16.5 Å². The van der Waals surface area contributed by atoms with Gasteiger partial charge < -0.3 is 9.84 Å². The molecule has 1 unspecified atom stereocenters. The average Bonchev–Trinajstić information content (AvgIpc) is 3.29. The maximum absolute atomic E-state index is 12.9. The number of nitrogens with zero attached hydrogens (tertiary/aromatic N) is 3. The van der Waals surface area contributed by atoms with Crippen LogP contribution in [0.5, 0.6) is 5.75 Å². The molecule has 1 N–H and O–H groups in total. The highest BCUT2D eigenvalue weighted by atomic mass is 32.1. The molecule has 0 saturated carbocycles. The summed E-state index contributed by atoms with van der Waals surface area (Å²) in [6.07, 6.45) is 0. The van der Waals surface area contributed by atoms with E-state index in [4.69, 9.17) is 4.74 Å². The number of hydrogen-bond acceptors (Lipinski definition) is 7. The van der Waals surface area contributed by atoms with Gasteiger partial charge in [0.2, 0.25) is 5.13 Å². The van der Waals surface area contributed by atoms with Crippen LogP contribution in [0.4, 0.5) is 5.13 Å². The zero-order chi connectivity index (χ0) is 20.5. The lowest BCUT2D eigenvalue weighted by Gasteiger charge is -2.22. The standard InChI is InChI=1S/C21H17N3O4S/c1-12-22-23-21(29-12)24-17(13-8-10-15(28-2)11-9-13)16(19(26)20(24)27)18(25)14-6-4-3-5-7-14/h3-11,17,25H,1-2H3/b18-16+. The third kappa shape index (κ3) is 3.27. The number of aliphatic hydroxyl groups is 1. The predicted molar refractivity (Wildman–Crippen MR) is 109 cm³/mol. The van der Waals surface area contributed by atoms with E-state index in [-0.39, 0.29) is 11.3 Å². The van der Waals surface area contributed by atoms with Gasteiger partial charge in [-0.05, 0) is 24.6 Å². The molecule has 0 aliphatic carbocycles. The van der Waals surface area contributed by atoms with Gasteiger partial charge in [0, 0.05) is 5.56 Å². The molecule has 8 heteroatoms. The molecule has 1 amide bonds. The number of hydrogen-bond donors (Lipinski definition) is 1. The van der Waals surface area contributed by atoms with Gasteiger partial charge in [0.25, 0.3) is 5.78 Å². The second kappa shape index (κ2) is 7.48. The number of carbonyl (C=O) groups excluding carboxylic acids is 2. The number of Topliss-reactive ketones (excluding diaryl/α,β-unsaturated/α-hetero) is 1. The molecule has 1 aliphatic rings. The number of amides is 1. The first-order valence-electron chi connectivity index (χ1n) is 8.81. The molecule has 1 aromatic heterocycles. The van der Waals surface area contributed by atoms with E-state index >= 15 is 0 Å². The number of aromatic nitrogens is 2. The molecule has 0 bridgehead atoms. The molecule has 1 fully saturated rings. The maximum atomic E-state index is 12.9. The van der Waals surface area contributed by atoms with Crippen molar-refractivity contribution in [2.75, 3.05) is 12.0 Å². The second-order valence-corrected chi connectivity index (χ2v) is 7.57. The summed E-state index contributed by atoms with van der Waals surface area (Å²) in [5.41, 5.74) is 1.12. The Kier molecular flexibility index (Phi) is 4.85. The van der Waals surface area contributed by atoms with Gasteiger partial charge in [-0.2, -0.15) is 0 Å². The summed E-state index contributed by atoms with van der Waals surface area (Å²) in [4.78, 5) is 27.1. The van der Waals surface area contributed by atoms with Crippen molar-refractivity contribution in [3.8, 4) is 5.75 Å². The molecule has 146 valence electrons. The highest BCUT2D eigenvalue weighted by Gasteiger charge is 2.48. The van der Waals surface area contributed by atoms with Gasteiger partial charge in [-0.15, -0.1) is 10.2 Å². The molecule has 29 heavy (non-hydrogen) atoms. The van der Waals surface area contributed by atoms with Crippen molar-refractivity contribution in [2.24, 2.45) is 0 Å². The van der Waals surface area contributed by atoms with E-state index in [1.165, 1.54) is 16.2 Å². The zero-order valence-corrected chi connectivity index (χ0v) is 16.5. The van der Waals surface area contributed by atoms with Gasteiger partial charge in [-0.25, -0.2) is 0 Å². The predicted octanol–water partition coefficient (Wildman–Crippen LogP) is 3.48. The zero-order valence-electron chi connectivity index (χ0n) is 15.7. The number of anilines is 1. The van der Waals surface area contributed by atoms with E-state index < -0.39 is 17.7 Å². The molecule has 1 aliphatic heterocycles. The van der Waals surface area contributed by atoms with Gasteiger partial charge in [0.05, 0.1) is 18.7 Å². The Morgan fingerprint density at radius 1 is 1.07 bits per heavy atom. The Labute approximate surface area is 170 Å². The quantitative estimate of drug-likeness (QED) is 0.404. The average molecular weight is 407 g/mol. The van der Waals surface area contributed by atoms with Crippen molar-refractivity contribution in [2.45, 2.75) is 13.0 Å². The first-order chi connectivity index (χ1) is 14.0. The van der Waals surface area contributed by atoms with Crippen LogP contribution in [0, 0.1) is 6.92 Å². The van der Waals surface area contributed by atoms with Gasteiger partial charge in [-0.1, -0.05) is 53.8 Å². The van der Waals surface area contributed by atoms with Crippen LogP contribution in [0.25, 0.3) is 5.76 Å². The molecule has 1 saturated heterocycles. The molecule has 4 rings (SSSR count). The van der Waals surface area contributed by atoms with Crippen LogP contribution in [0.15, 0.2) is 60.2 Å². The van der Waals surface area contributed by atoms with Crippen molar-refractivity contribution >= 4 is 33.9 Å². The Hall–Kier alpha value is -3.52. The number of ether oxygens (including phenoxy) is 1. The third-order valence-corrected chi connectivity index (χ3v) is 5.48. The summed E-state index contributed by atoms with van der Waals surface area (Å²) in [6.45, 7) is 1.77. The summed E-state index contributed by atoms with van der Waals surface area (Å²) in [5, 5.41) is 19.9. The molecule has 7 nitrogen and oxygen atoms in total. The number of ketones is 1. The Bertz CT molecular complexity index is 1110. The van der Waals surface area contributed by atoms with Crippen molar-refractivity contribution < 1.29 is 19.4 Å². The molecule has 0 radical (unpaired) electrons. The lowest BCUT2D eigenvalue weighted by molar-refractivity contribution is -0.132. The minimum atomic E-state index is -0.825. The lowest BCUT2D eigenvalue weighted by Crippen LogP contribution is -2.29. The van der Waals surface area contributed by atoms with E-state index in [1.807, 2.05) is 0 Å². The van der Waals surface area contributed by atoms with E-state index in [2.05, 4.69) is 10.2 Å². The molecule has 1 atom stereocenters. The van der Waals surface area contributed by atoms with Crippen LogP contribution in [0.1, 0.15) is 22.2 Å². The monoisotopic (exact) mass is 407 g/mol. The molecule has 2 aromatic carbocycles. The van der Waals surface area contributed by atoms with Crippen molar-refractivity contribution in [3.63, 3.8) is 0 Å². The topological polar surface area (TPSA) is 92.6 Å². The molecular formula is C21H17N3O4S. The summed E-state index contributed by atoms with van der Waals surface area (Å²) in [6, 6.07) is 14.8. The number of aliphatic hydroxyl groups excluding tert-OH is 1. The van der Waals surface area contributed by atoms with E-state index in [0.29, 0.717) is 27.0 Å².